The molecule has 0 fully saturated rings. The monoisotopic (exact) mass is 253 g/mol. The third kappa shape index (κ3) is 4.44. The molecule has 2 unspecified atom stereocenters. The molecule has 5 heteroatoms. The molecule has 0 aliphatic heterocycles. The quantitative estimate of drug-likeness (QED) is 0.544. The molecule has 0 aliphatic rings. The van der Waals surface area contributed by atoms with E-state index in [-0.39, 0.29) is 13.0 Å². The van der Waals surface area contributed by atoms with Crippen LogP contribution in [0.2, 0.25) is 0 Å². The first-order chi connectivity index (χ1) is 8.54. The Hall–Kier alpha value is -1.43. The van der Waals surface area contributed by atoms with Gasteiger partial charge in [-0.3, -0.25) is 4.79 Å². The van der Waals surface area contributed by atoms with E-state index >= 15 is 0 Å². The first kappa shape index (κ1) is 14.6. The molecule has 1 aromatic carbocycles. The Labute approximate surface area is 106 Å². The molecule has 0 aliphatic carbocycles. The molecule has 2 atom stereocenters. The van der Waals surface area contributed by atoms with Gasteiger partial charge in [0.1, 0.15) is 6.10 Å². The topological polar surface area (TPSA) is 104 Å². The van der Waals surface area contributed by atoms with Crippen molar-refractivity contribution in [2.45, 2.75) is 31.5 Å². The summed E-state index contributed by atoms with van der Waals surface area (Å²) < 4.78 is 0. The van der Waals surface area contributed by atoms with Gasteiger partial charge in [-0.05, 0) is 24.0 Å². The summed E-state index contributed by atoms with van der Waals surface area (Å²) in [6.45, 7) is 0.141. The van der Waals surface area contributed by atoms with Crippen LogP contribution in [0.25, 0.3) is 0 Å². The van der Waals surface area contributed by atoms with Crippen LogP contribution in [-0.4, -0.2) is 33.9 Å². The molecule has 0 saturated heterocycles. The number of primary amides is 1. The first-order valence-electron chi connectivity index (χ1n) is 5.88. The Kier molecular flexibility index (Phi) is 5.77. The summed E-state index contributed by atoms with van der Waals surface area (Å²) >= 11 is 0. The number of amides is 1. The van der Waals surface area contributed by atoms with Gasteiger partial charge in [-0.1, -0.05) is 24.3 Å². The lowest BCUT2D eigenvalue weighted by molar-refractivity contribution is -0.121. The average molecular weight is 253 g/mol. The maximum atomic E-state index is 10.6. The SMILES string of the molecule is NC(=O)CC(O)C(O)c1ccc(CCCO)cc1. The molecule has 1 aromatic rings. The van der Waals surface area contributed by atoms with Crippen molar-refractivity contribution in [3.05, 3.63) is 35.4 Å². The molecule has 18 heavy (non-hydrogen) atoms. The Morgan fingerprint density at radius 1 is 1.22 bits per heavy atom. The van der Waals surface area contributed by atoms with Gasteiger partial charge >= 0.3 is 0 Å². The Balaban J connectivity index is 2.63. The maximum Gasteiger partial charge on any atom is 0.220 e. The van der Waals surface area contributed by atoms with Crippen molar-refractivity contribution >= 4 is 5.91 Å². The molecule has 5 N–H and O–H groups in total. The fraction of sp³-hybridized carbons (Fsp3) is 0.462. The molecule has 0 heterocycles. The normalized spacial score (nSPS) is 14.2. The lowest BCUT2D eigenvalue weighted by atomic mass is 9.99. The predicted molar refractivity (Wildman–Crippen MR) is 66.6 cm³/mol. The average Bonchev–Trinajstić information content (AvgIpc) is 2.35. The second-order valence-electron chi connectivity index (χ2n) is 4.25. The minimum Gasteiger partial charge on any atom is -0.396 e. The Bertz CT molecular complexity index is 377. The van der Waals surface area contributed by atoms with Gasteiger partial charge in [-0.15, -0.1) is 0 Å². The van der Waals surface area contributed by atoms with Crippen LogP contribution in [0.1, 0.15) is 30.1 Å². The summed E-state index contributed by atoms with van der Waals surface area (Å²) in [5.74, 6) is -0.652. The first-order valence-corrected chi connectivity index (χ1v) is 5.88. The van der Waals surface area contributed by atoms with E-state index in [1.807, 2.05) is 12.1 Å². The van der Waals surface area contributed by atoms with E-state index < -0.39 is 18.1 Å². The van der Waals surface area contributed by atoms with Crippen LogP contribution in [0.4, 0.5) is 0 Å². The van der Waals surface area contributed by atoms with Gasteiger partial charge in [0.2, 0.25) is 5.91 Å². The van der Waals surface area contributed by atoms with E-state index in [0.717, 1.165) is 12.0 Å². The van der Waals surface area contributed by atoms with Gasteiger partial charge in [0.15, 0.2) is 0 Å². The number of aryl methyl sites for hydroxylation is 1. The molecule has 1 rings (SSSR count). The summed E-state index contributed by atoms with van der Waals surface area (Å²) in [5, 5.41) is 28.1. The summed E-state index contributed by atoms with van der Waals surface area (Å²) in [6.07, 6.45) is -1.13. The van der Waals surface area contributed by atoms with Crippen molar-refractivity contribution in [2.75, 3.05) is 6.61 Å². The van der Waals surface area contributed by atoms with E-state index in [2.05, 4.69) is 0 Å². The molecule has 0 bridgehead atoms. The van der Waals surface area contributed by atoms with Crippen molar-refractivity contribution < 1.29 is 20.1 Å². The van der Waals surface area contributed by atoms with Crippen LogP contribution < -0.4 is 5.73 Å². The molecular formula is C13H19NO4. The van der Waals surface area contributed by atoms with Crippen molar-refractivity contribution in [3.8, 4) is 0 Å². The van der Waals surface area contributed by atoms with Gasteiger partial charge in [0.05, 0.1) is 12.5 Å². The lowest BCUT2D eigenvalue weighted by Crippen LogP contribution is -2.25. The number of hydrogen-bond donors (Lipinski definition) is 4. The minimum atomic E-state index is -1.19. The fourth-order valence-corrected chi connectivity index (χ4v) is 1.70. The summed E-state index contributed by atoms with van der Waals surface area (Å²) in [4.78, 5) is 10.6. The molecular weight excluding hydrogens is 234 g/mol. The van der Waals surface area contributed by atoms with Gasteiger partial charge in [-0.2, -0.15) is 0 Å². The second-order valence-corrected chi connectivity index (χ2v) is 4.25. The number of nitrogens with two attached hydrogens (primary N) is 1. The third-order valence-corrected chi connectivity index (χ3v) is 2.72. The van der Waals surface area contributed by atoms with Gasteiger partial charge in [0, 0.05) is 6.61 Å². The number of aliphatic hydroxyl groups is 3. The second kappa shape index (κ2) is 7.10. The van der Waals surface area contributed by atoms with Crippen molar-refractivity contribution in [2.24, 2.45) is 5.73 Å². The Morgan fingerprint density at radius 2 is 1.83 bits per heavy atom. The largest absolute Gasteiger partial charge is 0.396 e. The number of carbonyl (C=O) groups is 1. The molecule has 0 radical (unpaired) electrons. The number of benzene rings is 1. The van der Waals surface area contributed by atoms with Crippen LogP contribution in [0.5, 0.6) is 0 Å². The zero-order valence-electron chi connectivity index (χ0n) is 10.1. The summed E-state index contributed by atoms with van der Waals surface area (Å²) in [5.41, 5.74) is 6.54. The van der Waals surface area contributed by atoms with E-state index in [9.17, 15) is 15.0 Å². The highest BCUT2D eigenvalue weighted by molar-refractivity contribution is 5.74. The predicted octanol–water partition coefficient (Wildman–Crippen LogP) is -0.119. The van der Waals surface area contributed by atoms with Crippen LogP contribution in [0.15, 0.2) is 24.3 Å². The van der Waals surface area contributed by atoms with Crippen LogP contribution in [0, 0.1) is 0 Å². The van der Waals surface area contributed by atoms with Crippen LogP contribution >= 0.6 is 0 Å². The van der Waals surface area contributed by atoms with Crippen LogP contribution in [0.3, 0.4) is 0 Å². The minimum absolute atomic E-state index is 0.141. The zero-order chi connectivity index (χ0) is 13.5. The molecule has 0 aromatic heterocycles. The number of hydrogen-bond acceptors (Lipinski definition) is 4. The van der Waals surface area contributed by atoms with Crippen molar-refractivity contribution in [1.29, 1.82) is 0 Å². The van der Waals surface area contributed by atoms with Gasteiger partial charge < -0.3 is 21.1 Å². The van der Waals surface area contributed by atoms with E-state index in [4.69, 9.17) is 10.8 Å². The van der Waals surface area contributed by atoms with E-state index in [1.165, 1.54) is 0 Å². The highest BCUT2D eigenvalue weighted by Crippen LogP contribution is 2.19. The van der Waals surface area contributed by atoms with Crippen molar-refractivity contribution in [3.63, 3.8) is 0 Å². The smallest absolute Gasteiger partial charge is 0.220 e. The highest BCUT2D eigenvalue weighted by atomic mass is 16.3. The fourth-order valence-electron chi connectivity index (χ4n) is 1.70. The molecule has 1 amide bonds. The maximum absolute atomic E-state index is 10.6. The number of aliphatic hydroxyl groups excluding tert-OH is 3. The molecule has 5 nitrogen and oxygen atoms in total. The summed E-state index contributed by atoms with van der Waals surface area (Å²) in [7, 11) is 0. The Morgan fingerprint density at radius 3 is 2.33 bits per heavy atom. The number of rotatable bonds is 7. The summed E-state index contributed by atoms with van der Waals surface area (Å²) in [6, 6.07) is 7.04. The van der Waals surface area contributed by atoms with Crippen molar-refractivity contribution in [1.82, 2.24) is 0 Å². The molecule has 0 saturated carbocycles. The van der Waals surface area contributed by atoms with Crippen LogP contribution in [-0.2, 0) is 11.2 Å². The standard InChI is InChI=1S/C13H19NO4/c14-12(17)8-11(16)13(18)10-5-3-9(4-6-10)2-1-7-15/h3-6,11,13,15-16,18H,1-2,7-8H2,(H2,14,17). The highest BCUT2D eigenvalue weighted by Gasteiger charge is 2.20. The van der Waals surface area contributed by atoms with Gasteiger partial charge in [-0.25, -0.2) is 0 Å². The zero-order valence-corrected chi connectivity index (χ0v) is 10.1. The van der Waals surface area contributed by atoms with E-state index in [1.54, 1.807) is 12.1 Å². The molecule has 100 valence electrons. The van der Waals surface area contributed by atoms with Gasteiger partial charge in [0.25, 0.3) is 0 Å². The van der Waals surface area contributed by atoms with E-state index in [0.29, 0.717) is 12.0 Å². The molecule has 0 spiro atoms. The lowest BCUT2D eigenvalue weighted by Gasteiger charge is -2.17. The third-order valence-electron chi connectivity index (χ3n) is 2.72. The number of carbonyl (C=O) groups excluding carboxylic acids is 1.